The molecule has 2 aromatic rings. The zero-order valence-electron chi connectivity index (χ0n) is 11.8. The molecule has 0 saturated carbocycles. The van der Waals surface area contributed by atoms with E-state index in [0.29, 0.717) is 24.3 Å². The second-order valence-corrected chi connectivity index (χ2v) is 4.62. The second-order valence-electron chi connectivity index (χ2n) is 4.62. The summed E-state index contributed by atoms with van der Waals surface area (Å²) in [6.07, 6.45) is 0. The highest BCUT2D eigenvalue weighted by Gasteiger charge is 2.05. The van der Waals surface area contributed by atoms with Gasteiger partial charge in [-0.15, -0.1) is 0 Å². The van der Waals surface area contributed by atoms with E-state index in [1.165, 1.54) is 0 Å². The lowest BCUT2D eigenvalue weighted by atomic mass is 10.1. The molecule has 4 nitrogen and oxygen atoms in total. The molecule has 0 fully saturated rings. The number of amides is 1. The van der Waals surface area contributed by atoms with Gasteiger partial charge in [-0.05, 0) is 35.4 Å². The van der Waals surface area contributed by atoms with Gasteiger partial charge in [0.15, 0.2) is 0 Å². The van der Waals surface area contributed by atoms with Crippen LogP contribution in [0, 0.1) is 11.3 Å². The Kier molecular flexibility index (Phi) is 5.08. The number of nitrogens with one attached hydrogen (secondary N) is 1. The molecule has 0 saturated heterocycles. The van der Waals surface area contributed by atoms with Crippen LogP contribution < -0.4 is 5.32 Å². The fourth-order valence-electron chi connectivity index (χ4n) is 1.90. The molecule has 0 aliphatic carbocycles. The summed E-state index contributed by atoms with van der Waals surface area (Å²) in [4.78, 5) is 12.0. The number of nitrogens with zero attached hydrogens (tertiary/aromatic N) is 1. The number of carbonyl (C=O) groups excluding carboxylic acids is 1. The molecule has 0 atom stereocenters. The van der Waals surface area contributed by atoms with Gasteiger partial charge < -0.3 is 10.1 Å². The Balaban J connectivity index is 1.93. The Morgan fingerprint density at radius 3 is 2.29 bits per heavy atom. The first-order chi connectivity index (χ1) is 10.2. The standard InChI is InChI=1S/C17H16N2O2/c1-21-12-15-6-8-16(9-7-15)17(20)19-11-14-4-2-13(10-18)3-5-14/h2-9H,11-12H2,1H3,(H,19,20). The normalized spacial score (nSPS) is 9.90. The maximum atomic E-state index is 12.0. The summed E-state index contributed by atoms with van der Waals surface area (Å²) in [6.45, 7) is 0.970. The summed E-state index contributed by atoms with van der Waals surface area (Å²) in [5.74, 6) is -0.122. The quantitative estimate of drug-likeness (QED) is 0.915. The summed E-state index contributed by atoms with van der Waals surface area (Å²) in [5, 5.41) is 11.6. The number of benzene rings is 2. The van der Waals surface area contributed by atoms with Crippen LogP contribution >= 0.6 is 0 Å². The molecule has 0 aliphatic rings. The SMILES string of the molecule is COCc1ccc(C(=O)NCc2ccc(C#N)cc2)cc1. The van der Waals surface area contributed by atoms with Crippen molar-refractivity contribution in [3.05, 3.63) is 70.8 Å². The fourth-order valence-corrected chi connectivity index (χ4v) is 1.90. The highest BCUT2D eigenvalue weighted by Crippen LogP contribution is 2.07. The van der Waals surface area contributed by atoms with Crippen molar-refractivity contribution in [1.82, 2.24) is 5.32 Å². The van der Waals surface area contributed by atoms with Gasteiger partial charge in [0.05, 0.1) is 18.2 Å². The predicted molar refractivity (Wildman–Crippen MR) is 79.5 cm³/mol. The van der Waals surface area contributed by atoms with Crippen molar-refractivity contribution < 1.29 is 9.53 Å². The molecule has 0 unspecified atom stereocenters. The molecule has 0 heterocycles. The molecular formula is C17H16N2O2. The Labute approximate surface area is 124 Å². The van der Waals surface area contributed by atoms with Gasteiger partial charge in [-0.1, -0.05) is 24.3 Å². The van der Waals surface area contributed by atoms with Crippen molar-refractivity contribution in [3.63, 3.8) is 0 Å². The van der Waals surface area contributed by atoms with E-state index in [2.05, 4.69) is 11.4 Å². The van der Waals surface area contributed by atoms with E-state index in [9.17, 15) is 4.79 Å². The summed E-state index contributed by atoms with van der Waals surface area (Å²) in [7, 11) is 1.64. The molecule has 0 radical (unpaired) electrons. The van der Waals surface area contributed by atoms with Crippen LogP contribution in [-0.4, -0.2) is 13.0 Å². The lowest BCUT2D eigenvalue weighted by Gasteiger charge is -2.06. The minimum Gasteiger partial charge on any atom is -0.380 e. The first-order valence-electron chi connectivity index (χ1n) is 6.58. The van der Waals surface area contributed by atoms with Gasteiger partial charge >= 0.3 is 0 Å². The molecule has 0 bridgehead atoms. The molecule has 21 heavy (non-hydrogen) atoms. The summed E-state index contributed by atoms with van der Waals surface area (Å²) < 4.78 is 5.03. The lowest BCUT2D eigenvalue weighted by molar-refractivity contribution is 0.0951. The van der Waals surface area contributed by atoms with Crippen LogP contribution in [0.2, 0.25) is 0 Å². The second kappa shape index (κ2) is 7.22. The maximum absolute atomic E-state index is 12.0. The molecule has 0 aliphatic heterocycles. The molecule has 4 heteroatoms. The first-order valence-corrected chi connectivity index (χ1v) is 6.58. The van der Waals surface area contributed by atoms with Gasteiger partial charge in [0.2, 0.25) is 0 Å². The number of carbonyl (C=O) groups is 1. The van der Waals surface area contributed by atoms with Crippen molar-refractivity contribution in [2.24, 2.45) is 0 Å². The van der Waals surface area contributed by atoms with E-state index in [1.807, 2.05) is 24.3 Å². The van der Waals surface area contributed by atoms with E-state index in [0.717, 1.165) is 11.1 Å². The van der Waals surface area contributed by atoms with E-state index in [4.69, 9.17) is 10.00 Å². The molecule has 0 spiro atoms. The Hall–Kier alpha value is -2.64. The van der Waals surface area contributed by atoms with E-state index in [-0.39, 0.29) is 5.91 Å². The average Bonchev–Trinajstić information content (AvgIpc) is 2.54. The zero-order chi connectivity index (χ0) is 15.1. The van der Waals surface area contributed by atoms with Crippen molar-refractivity contribution in [1.29, 1.82) is 5.26 Å². The number of hydrogen-bond acceptors (Lipinski definition) is 3. The summed E-state index contributed by atoms with van der Waals surface area (Å²) in [6, 6.07) is 16.5. The van der Waals surface area contributed by atoms with Gasteiger partial charge in [-0.2, -0.15) is 5.26 Å². The zero-order valence-corrected chi connectivity index (χ0v) is 11.8. The molecule has 2 aromatic carbocycles. The molecule has 1 N–H and O–H groups in total. The van der Waals surface area contributed by atoms with Crippen LogP contribution in [0.3, 0.4) is 0 Å². The maximum Gasteiger partial charge on any atom is 0.251 e. The number of ether oxygens (including phenoxy) is 1. The third kappa shape index (κ3) is 4.16. The highest BCUT2D eigenvalue weighted by atomic mass is 16.5. The van der Waals surface area contributed by atoms with E-state index >= 15 is 0 Å². The average molecular weight is 280 g/mol. The fraction of sp³-hybridized carbons (Fsp3) is 0.176. The predicted octanol–water partition coefficient (Wildman–Crippen LogP) is 2.63. The van der Waals surface area contributed by atoms with Crippen LogP contribution in [0.25, 0.3) is 0 Å². The third-order valence-electron chi connectivity index (χ3n) is 3.06. The van der Waals surface area contributed by atoms with Crippen LogP contribution in [0.15, 0.2) is 48.5 Å². The summed E-state index contributed by atoms with van der Waals surface area (Å²) >= 11 is 0. The summed E-state index contributed by atoms with van der Waals surface area (Å²) in [5.41, 5.74) is 3.21. The third-order valence-corrected chi connectivity index (χ3v) is 3.06. The molecule has 106 valence electrons. The van der Waals surface area contributed by atoms with E-state index in [1.54, 1.807) is 31.4 Å². The van der Waals surface area contributed by atoms with Crippen molar-refractivity contribution in [2.45, 2.75) is 13.2 Å². The number of hydrogen-bond donors (Lipinski definition) is 1. The first kappa shape index (κ1) is 14.8. The van der Waals surface area contributed by atoms with Crippen LogP contribution in [0.1, 0.15) is 27.0 Å². The Morgan fingerprint density at radius 2 is 1.71 bits per heavy atom. The Bertz CT molecular complexity index is 640. The van der Waals surface area contributed by atoms with E-state index < -0.39 is 0 Å². The van der Waals surface area contributed by atoms with Gasteiger partial charge in [-0.25, -0.2) is 0 Å². The van der Waals surface area contributed by atoms with Gasteiger partial charge in [0.25, 0.3) is 5.91 Å². The van der Waals surface area contributed by atoms with Crippen LogP contribution in [0.5, 0.6) is 0 Å². The molecule has 2 rings (SSSR count). The van der Waals surface area contributed by atoms with Gasteiger partial charge in [0, 0.05) is 19.2 Å². The number of rotatable bonds is 5. The minimum atomic E-state index is -0.122. The van der Waals surface area contributed by atoms with Gasteiger partial charge in [-0.3, -0.25) is 4.79 Å². The Morgan fingerprint density at radius 1 is 1.10 bits per heavy atom. The number of nitriles is 1. The molecular weight excluding hydrogens is 264 g/mol. The molecule has 1 amide bonds. The lowest BCUT2D eigenvalue weighted by Crippen LogP contribution is -2.22. The largest absolute Gasteiger partial charge is 0.380 e. The smallest absolute Gasteiger partial charge is 0.251 e. The van der Waals surface area contributed by atoms with Gasteiger partial charge in [0.1, 0.15) is 0 Å². The van der Waals surface area contributed by atoms with Crippen molar-refractivity contribution in [3.8, 4) is 6.07 Å². The highest BCUT2D eigenvalue weighted by molar-refractivity contribution is 5.94. The topological polar surface area (TPSA) is 62.1 Å². The number of methoxy groups -OCH3 is 1. The van der Waals surface area contributed by atoms with Crippen molar-refractivity contribution in [2.75, 3.05) is 7.11 Å². The monoisotopic (exact) mass is 280 g/mol. The molecule has 0 aromatic heterocycles. The minimum absolute atomic E-state index is 0.122. The van der Waals surface area contributed by atoms with Crippen LogP contribution in [0.4, 0.5) is 0 Å². The van der Waals surface area contributed by atoms with Crippen LogP contribution in [-0.2, 0) is 17.9 Å². The van der Waals surface area contributed by atoms with Crippen molar-refractivity contribution >= 4 is 5.91 Å².